The van der Waals surface area contributed by atoms with Gasteiger partial charge in [0.2, 0.25) is 5.89 Å². The van der Waals surface area contributed by atoms with Crippen LogP contribution in [0.3, 0.4) is 0 Å². The van der Waals surface area contributed by atoms with E-state index in [2.05, 4.69) is 41.9 Å². The molecule has 2 heterocycles. The fraction of sp³-hybridized carbons (Fsp3) is 0.273. The molecule has 2 aromatic heterocycles. The van der Waals surface area contributed by atoms with E-state index < -0.39 is 0 Å². The highest BCUT2D eigenvalue weighted by Crippen LogP contribution is 2.20. The molecule has 2 N–H and O–H groups in total. The van der Waals surface area contributed by atoms with Crippen LogP contribution in [0, 0.1) is 18.7 Å². The first-order chi connectivity index (χ1) is 14.4. The standard InChI is InChI=1S/C22H23N5O2S/c1-4-26(12-19-23-18-8-6-5-7-17(18)20(28)24-19)13-27-22(30)29-21(25-27)16-10-9-14(2)15(3)11-16/h5-11H,4,12-13H2,1-3H3,(H,23,24,28)/p+1. The maximum absolute atomic E-state index is 12.3. The number of hydrogen-bond donors (Lipinski definition) is 2. The minimum absolute atomic E-state index is 0.124. The normalized spacial score (nSPS) is 12.4. The lowest BCUT2D eigenvalue weighted by Crippen LogP contribution is -3.09. The Balaban J connectivity index is 1.57. The second-order valence-electron chi connectivity index (χ2n) is 7.44. The zero-order chi connectivity index (χ0) is 21.3. The average molecular weight is 423 g/mol. The number of rotatable bonds is 6. The van der Waals surface area contributed by atoms with E-state index in [1.54, 1.807) is 10.7 Å². The summed E-state index contributed by atoms with van der Waals surface area (Å²) >= 11 is 5.39. The monoisotopic (exact) mass is 422 g/mol. The SMILES string of the molecule is CC[NH+](Cc1nc2ccccc2c(=O)[nH]1)Cn1nc(-c2ccc(C)c(C)c2)oc1=S. The molecule has 1 unspecified atom stereocenters. The van der Waals surface area contributed by atoms with Crippen LogP contribution in [0.15, 0.2) is 51.7 Å². The summed E-state index contributed by atoms with van der Waals surface area (Å²) in [5.74, 6) is 1.15. The Labute approximate surface area is 179 Å². The third-order valence-electron chi connectivity index (χ3n) is 5.31. The Morgan fingerprint density at radius 2 is 1.97 bits per heavy atom. The lowest BCUT2D eigenvalue weighted by Gasteiger charge is -2.16. The summed E-state index contributed by atoms with van der Waals surface area (Å²) in [7, 11) is 0. The van der Waals surface area contributed by atoms with Gasteiger partial charge in [0.1, 0.15) is 6.54 Å². The van der Waals surface area contributed by atoms with Crippen molar-refractivity contribution in [2.75, 3.05) is 6.54 Å². The molecule has 8 heteroatoms. The first-order valence-electron chi connectivity index (χ1n) is 9.91. The third-order valence-corrected chi connectivity index (χ3v) is 5.61. The molecular formula is C22H24N5O2S+. The Hall–Kier alpha value is -3.10. The summed E-state index contributed by atoms with van der Waals surface area (Å²) in [4.78, 5) is 21.3. The fourth-order valence-electron chi connectivity index (χ4n) is 3.36. The van der Waals surface area contributed by atoms with Gasteiger partial charge in [0.15, 0.2) is 12.5 Å². The number of nitrogens with one attached hydrogen (secondary N) is 2. The van der Waals surface area contributed by atoms with E-state index in [9.17, 15) is 4.79 Å². The molecular weight excluding hydrogens is 398 g/mol. The van der Waals surface area contributed by atoms with Crippen molar-refractivity contribution in [1.82, 2.24) is 19.7 Å². The summed E-state index contributed by atoms with van der Waals surface area (Å²) in [6.45, 7) is 8.07. The van der Waals surface area contributed by atoms with E-state index in [0.29, 0.717) is 40.7 Å². The van der Waals surface area contributed by atoms with Gasteiger partial charge in [-0.1, -0.05) is 18.2 Å². The van der Waals surface area contributed by atoms with Crippen LogP contribution in [0.4, 0.5) is 0 Å². The molecule has 0 spiro atoms. The smallest absolute Gasteiger partial charge is 0.292 e. The van der Waals surface area contributed by atoms with Gasteiger partial charge in [-0.3, -0.25) is 4.79 Å². The van der Waals surface area contributed by atoms with Crippen LogP contribution in [-0.2, 0) is 13.2 Å². The van der Waals surface area contributed by atoms with Gasteiger partial charge in [-0.25, -0.2) is 4.98 Å². The number of fused-ring (bicyclic) bond motifs is 1. The molecule has 154 valence electrons. The highest BCUT2D eigenvalue weighted by molar-refractivity contribution is 7.71. The molecule has 0 bridgehead atoms. The molecule has 0 aliphatic carbocycles. The summed E-state index contributed by atoms with van der Waals surface area (Å²) in [5.41, 5.74) is 3.87. The number of para-hydroxylation sites is 1. The maximum Gasteiger partial charge on any atom is 0.292 e. The Kier molecular flexibility index (Phi) is 5.61. The molecule has 0 radical (unpaired) electrons. The van der Waals surface area contributed by atoms with Crippen LogP contribution < -0.4 is 10.5 Å². The first-order valence-corrected chi connectivity index (χ1v) is 10.3. The van der Waals surface area contributed by atoms with E-state index >= 15 is 0 Å². The zero-order valence-corrected chi connectivity index (χ0v) is 18.0. The maximum atomic E-state index is 12.3. The number of quaternary nitrogens is 1. The third kappa shape index (κ3) is 4.10. The van der Waals surface area contributed by atoms with E-state index in [1.807, 2.05) is 30.3 Å². The van der Waals surface area contributed by atoms with Gasteiger partial charge in [-0.15, -0.1) is 5.10 Å². The van der Waals surface area contributed by atoms with Crippen molar-refractivity contribution in [2.24, 2.45) is 0 Å². The molecule has 1 atom stereocenters. The predicted molar refractivity (Wildman–Crippen MR) is 118 cm³/mol. The number of hydrogen-bond acceptors (Lipinski definition) is 5. The van der Waals surface area contributed by atoms with Gasteiger partial charge in [0, 0.05) is 5.56 Å². The van der Waals surface area contributed by atoms with Gasteiger partial charge >= 0.3 is 0 Å². The van der Waals surface area contributed by atoms with E-state index in [1.165, 1.54) is 11.1 Å². The summed E-state index contributed by atoms with van der Waals surface area (Å²) in [6.07, 6.45) is 0. The molecule has 4 aromatic rings. The Morgan fingerprint density at radius 3 is 2.73 bits per heavy atom. The molecule has 4 rings (SSSR count). The number of aryl methyl sites for hydroxylation is 2. The topological polar surface area (TPSA) is 81.2 Å². The second-order valence-corrected chi connectivity index (χ2v) is 7.79. The zero-order valence-electron chi connectivity index (χ0n) is 17.2. The molecule has 0 saturated carbocycles. The number of benzene rings is 2. The predicted octanol–water partition coefficient (Wildman–Crippen LogP) is 2.79. The Bertz CT molecular complexity index is 1320. The summed E-state index contributed by atoms with van der Waals surface area (Å²) < 4.78 is 7.44. The van der Waals surface area contributed by atoms with Crippen molar-refractivity contribution >= 4 is 23.1 Å². The molecule has 0 saturated heterocycles. The highest BCUT2D eigenvalue weighted by Gasteiger charge is 2.16. The van der Waals surface area contributed by atoms with Gasteiger partial charge in [0.25, 0.3) is 10.4 Å². The first kappa shape index (κ1) is 20.2. The summed E-state index contributed by atoms with van der Waals surface area (Å²) in [6, 6.07) is 13.4. The van der Waals surface area contributed by atoms with Crippen molar-refractivity contribution in [2.45, 2.75) is 34.0 Å². The lowest BCUT2D eigenvalue weighted by atomic mass is 10.1. The minimum Gasteiger partial charge on any atom is -0.409 e. The molecule has 0 amide bonds. The number of nitrogens with zero attached hydrogens (tertiary/aromatic N) is 3. The lowest BCUT2D eigenvalue weighted by molar-refractivity contribution is -0.936. The molecule has 0 aliphatic rings. The molecule has 30 heavy (non-hydrogen) atoms. The second kappa shape index (κ2) is 8.33. The van der Waals surface area contributed by atoms with Crippen molar-refractivity contribution in [1.29, 1.82) is 0 Å². The largest absolute Gasteiger partial charge is 0.409 e. The number of aromatic amines is 1. The van der Waals surface area contributed by atoms with Crippen LogP contribution in [0.25, 0.3) is 22.4 Å². The van der Waals surface area contributed by atoms with E-state index in [0.717, 1.165) is 17.0 Å². The van der Waals surface area contributed by atoms with Crippen LogP contribution in [0.1, 0.15) is 23.9 Å². The van der Waals surface area contributed by atoms with Crippen molar-refractivity contribution in [3.8, 4) is 11.5 Å². The quantitative estimate of drug-likeness (QED) is 0.467. The van der Waals surface area contributed by atoms with Crippen LogP contribution in [0.5, 0.6) is 0 Å². The van der Waals surface area contributed by atoms with E-state index in [4.69, 9.17) is 16.6 Å². The van der Waals surface area contributed by atoms with Crippen molar-refractivity contribution in [3.05, 3.63) is 74.6 Å². The fourth-order valence-corrected chi connectivity index (χ4v) is 3.54. The summed E-state index contributed by atoms with van der Waals surface area (Å²) in [5, 5.41) is 5.17. The number of H-pyrrole nitrogens is 1. The van der Waals surface area contributed by atoms with Gasteiger partial charge < -0.3 is 14.3 Å². The molecule has 2 aromatic carbocycles. The van der Waals surface area contributed by atoms with Gasteiger partial charge in [-0.05, 0) is 68.4 Å². The molecule has 0 fully saturated rings. The Morgan fingerprint density at radius 1 is 1.17 bits per heavy atom. The minimum atomic E-state index is -0.124. The van der Waals surface area contributed by atoms with Crippen molar-refractivity contribution in [3.63, 3.8) is 0 Å². The van der Waals surface area contributed by atoms with Crippen LogP contribution >= 0.6 is 12.2 Å². The van der Waals surface area contributed by atoms with Crippen LogP contribution in [0.2, 0.25) is 0 Å². The van der Waals surface area contributed by atoms with Crippen molar-refractivity contribution < 1.29 is 9.32 Å². The number of aromatic nitrogens is 4. The average Bonchev–Trinajstić information content (AvgIpc) is 3.10. The molecule has 0 aliphatic heterocycles. The van der Waals surface area contributed by atoms with Crippen LogP contribution in [-0.4, -0.2) is 26.3 Å². The van der Waals surface area contributed by atoms with E-state index in [-0.39, 0.29) is 5.56 Å². The highest BCUT2D eigenvalue weighted by atomic mass is 32.1. The van der Waals surface area contributed by atoms with Gasteiger partial charge in [-0.2, -0.15) is 4.68 Å². The van der Waals surface area contributed by atoms with Gasteiger partial charge in [0.05, 0.1) is 17.4 Å². The molecule has 7 nitrogen and oxygen atoms in total.